The van der Waals surface area contributed by atoms with Crippen molar-refractivity contribution in [2.75, 3.05) is 5.73 Å². The van der Waals surface area contributed by atoms with Crippen molar-refractivity contribution >= 4 is 45.2 Å². The highest BCUT2D eigenvalue weighted by atomic mass is 79.9. The number of hydrogen-bond donors (Lipinski definition) is 2. The van der Waals surface area contributed by atoms with E-state index in [1.54, 1.807) is 19.1 Å². The van der Waals surface area contributed by atoms with Crippen LogP contribution in [0.5, 0.6) is 0 Å². The SMILES string of the molecule is Cc1cc(-n2c(N)c3c(cc2=O)C(=O)NC3=O)cc(Br)c1Cl. The Balaban J connectivity index is 2.35. The summed E-state index contributed by atoms with van der Waals surface area (Å²) in [4.78, 5) is 35.7. The van der Waals surface area contributed by atoms with Crippen molar-refractivity contribution in [2.45, 2.75) is 6.92 Å². The van der Waals surface area contributed by atoms with E-state index in [4.69, 9.17) is 17.3 Å². The zero-order valence-electron chi connectivity index (χ0n) is 11.2. The smallest absolute Gasteiger partial charge is 0.262 e. The summed E-state index contributed by atoms with van der Waals surface area (Å²) in [6, 6.07) is 4.39. The summed E-state index contributed by atoms with van der Waals surface area (Å²) in [6.07, 6.45) is 0. The molecule has 0 radical (unpaired) electrons. The van der Waals surface area contributed by atoms with E-state index in [0.717, 1.165) is 11.6 Å². The number of aromatic nitrogens is 1. The van der Waals surface area contributed by atoms with E-state index in [-0.39, 0.29) is 16.9 Å². The highest BCUT2D eigenvalue weighted by Gasteiger charge is 2.31. The monoisotopic (exact) mass is 381 g/mol. The van der Waals surface area contributed by atoms with Gasteiger partial charge in [0.05, 0.1) is 21.8 Å². The van der Waals surface area contributed by atoms with Crippen LogP contribution in [0.15, 0.2) is 27.5 Å². The van der Waals surface area contributed by atoms with Crippen LogP contribution in [-0.2, 0) is 0 Å². The van der Waals surface area contributed by atoms with Gasteiger partial charge >= 0.3 is 0 Å². The van der Waals surface area contributed by atoms with Gasteiger partial charge in [0, 0.05) is 10.5 Å². The predicted molar refractivity (Wildman–Crippen MR) is 85.7 cm³/mol. The summed E-state index contributed by atoms with van der Waals surface area (Å²) in [7, 11) is 0. The van der Waals surface area contributed by atoms with Crippen molar-refractivity contribution < 1.29 is 9.59 Å². The van der Waals surface area contributed by atoms with Gasteiger partial charge in [0.2, 0.25) is 0 Å². The first-order chi connectivity index (χ1) is 10.3. The van der Waals surface area contributed by atoms with Gasteiger partial charge in [-0.05, 0) is 40.5 Å². The zero-order valence-corrected chi connectivity index (χ0v) is 13.6. The summed E-state index contributed by atoms with van der Waals surface area (Å²) in [5.74, 6) is -1.32. The molecule has 8 heteroatoms. The van der Waals surface area contributed by atoms with Crippen molar-refractivity contribution in [3.8, 4) is 5.69 Å². The lowest BCUT2D eigenvalue weighted by molar-refractivity contribution is 0.0880. The van der Waals surface area contributed by atoms with Gasteiger partial charge in [-0.25, -0.2) is 0 Å². The quantitative estimate of drug-likeness (QED) is 0.738. The molecule has 2 aromatic rings. The molecule has 1 aliphatic rings. The Bertz CT molecular complexity index is 897. The highest BCUT2D eigenvalue weighted by Crippen LogP contribution is 2.30. The number of carbonyl (C=O) groups excluding carboxylic acids is 2. The molecule has 0 saturated carbocycles. The minimum Gasteiger partial charge on any atom is -0.384 e. The van der Waals surface area contributed by atoms with Crippen LogP contribution in [-0.4, -0.2) is 16.4 Å². The van der Waals surface area contributed by atoms with Crippen molar-refractivity contribution in [1.82, 2.24) is 9.88 Å². The molecule has 2 heterocycles. The fraction of sp³-hybridized carbons (Fsp3) is 0.0714. The largest absolute Gasteiger partial charge is 0.384 e. The number of rotatable bonds is 1. The Morgan fingerprint density at radius 1 is 1.18 bits per heavy atom. The third-order valence-electron chi connectivity index (χ3n) is 3.41. The Hall–Kier alpha value is -2.12. The molecule has 1 aromatic heterocycles. The van der Waals surface area contributed by atoms with E-state index >= 15 is 0 Å². The second-order valence-corrected chi connectivity index (χ2v) is 6.07. The molecule has 1 aromatic carbocycles. The zero-order chi connectivity index (χ0) is 16.2. The lowest BCUT2D eigenvalue weighted by Gasteiger charge is -2.13. The number of pyridine rings is 1. The lowest BCUT2D eigenvalue weighted by atomic mass is 10.1. The van der Waals surface area contributed by atoms with Crippen LogP contribution in [0.1, 0.15) is 26.3 Å². The van der Waals surface area contributed by atoms with E-state index in [9.17, 15) is 14.4 Å². The molecule has 2 amide bonds. The molecule has 0 saturated heterocycles. The van der Waals surface area contributed by atoms with E-state index < -0.39 is 17.4 Å². The second-order valence-electron chi connectivity index (χ2n) is 4.83. The van der Waals surface area contributed by atoms with E-state index in [0.29, 0.717) is 15.2 Å². The van der Waals surface area contributed by atoms with Crippen LogP contribution in [0, 0.1) is 6.92 Å². The van der Waals surface area contributed by atoms with Gasteiger partial charge in [-0.15, -0.1) is 0 Å². The number of hydrogen-bond acceptors (Lipinski definition) is 4. The molecular weight excluding hydrogens is 374 g/mol. The number of carbonyl (C=O) groups is 2. The van der Waals surface area contributed by atoms with Crippen molar-refractivity contribution in [3.05, 3.63) is 54.7 Å². The molecular formula is C14H9BrClN3O3. The maximum atomic E-state index is 12.3. The van der Waals surface area contributed by atoms with Crippen LogP contribution >= 0.6 is 27.5 Å². The number of aryl methyl sites for hydroxylation is 1. The van der Waals surface area contributed by atoms with Crippen molar-refractivity contribution in [3.63, 3.8) is 0 Å². The molecule has 3 rings (SSSR count). The number of amides is 2. The molecule has 0 atom stereocenters. The minimum atomic E-state index is -0.621. The van der Waals surface area contributed by atoms with Crippen LogP contribution in [0.4, 0.5) is 5.82 Å². The summed E-state index contributed by atoms with van der Waals surface area (Å²) in [6.45, 7) is 1.78. The Morgan fingerprint density at radius 3 is 2.50 bits per heavy atom. The first-order valence-corrected chi connectivity index (χ1v) is 7.35. The van der Waals surface area contributed by atoms with Gasteiger partial charge in [0.15, 0.2) is 0 Å². The van der Waals surface area contributed by atoms with Gasteiger partial charge < -0.3 is 5.73 Å². The van der Waals surface area contributed by atoms with Crippen LogP contribution in [0.3, 0.4) is 0 Å². The highest BCUT2D eigenvalue weighted by molar-refractivity contribution is 9.10. The molecule has 22 heavy (non-hydrogen) atoms. The van der Waals surface area contributed by atoms with Crippen LogP contribution < -0.4 is 16.6 Å². The Morgan fingerprint density at radius 2 is 1.86 bits per heavy atom. The second kappa shape index (κ2) is 4.96. The number of fused-ring (bicyclic) bond motifs is 1. The van der Waals surface area contributed by atoms with Gasteiger partial charge in [0.1, 0.15) is 5.82 Å². The number of halogens is 2. The molecule has 6 nitrogen and oxygen atoms in total. The third kappa shape index (κ3) is 2.05. The maximum absolute atomic E-state index is 12.3. The molecule has 0 spiro atoms. The van der Waals surface area contributed by atoms with Gasteiger partial charge in [-0.2, -0.15) is 0 Å². The predicted octanol–water partition coefficient (Wildman–Crippen LogP) is 2.03. The first-order valence-electron chi connectivity index (χ1n) is 6.18. The molecule has 0 aliphatic carbocycles. The summed E-state index contributed by atoms with van der Waals surface area (Å²) >= 11 is 9.38. The number of imide groups is 1. The maximum Gasteiger partial charge on any atom is 0.262 e. The summed E-state index contributed by atoms with van der Waals surface area (Å²) < 4.78 is 1.77. The molecule has 112 valence electrons. The van der Waals surface area contributed by atoms with Gasteiger partial charge in [-0.3, -0.25) is 24.3 Å². The number of nitrogens with zero attached hydrogens (tertiary/aromatic N) is 1. The van der Waals surface area contributed by atoms with Crippen molar-refractivity contribution in [2.24, 2.45) is 0 Å². The molecule has 0 unspecified atom stereocenters. The molecule has 0 fully saturated rings. The summed E-state index contributed by atoms with van der Waals surface area (Å²) in [5, 5.41) is 2.64. The summed E-state index contributed by atoms with van der Waals surface area (Å²) in [5.41, 5.74) is 6.64. The standard InChI is InChI=1S/C14H9BrClN3O3/c1-5-2-6(3-8(15)11(5)16)19-9(20)4-7-10(12(19)17)14(22)18-13(7)21/h2-4H,17H2,1H3,(H,18,21,22). The fourth-order valence-corrected chi connectivity index (χ4v) is 3.04. The van der Waals surface area contributed by atoms with E-state index in [2.05, 4.69) is 21.2 Å². The normalized spacial score (nSPS) is 13.2. The van der Waals surface area contributed by atoms with Crippen molar-refractivity contribution in [1.29, 1.82) is 0 Å². The average molecular weight is 383 g/mol. The molecule has 1 aliphatic heterocycles. The number of anilines is 1. The third-order valence-corrected chi connectivity index (χ3v) is 4.76. The number of nitrogens with one attached hydrogen (secondary N) is 1. The Kier molecular flexibility index (Phi) is 3.34. The molecule has 3 N–H and O–H groups in total. The van der Waals surface area contributed by atoms with Crippen LogP contribution in [0.2, 0.25) is 5.02 Å². The minimum absolute atomic E-state index is 0.00602. The fourth-order valence-electron chi connectivity index (χ4n) is 2.38. The van der Waals surface area contributed by atoms with Crippen LogP contribution in [0.25, 0.3) is 5.69 Å². The van der Waals surface area contributed by atoms with E-state index in [1.165, 1.54) is 4.57 Å². The lowest BCUT2D eigenvalue weighted by Crippen LogP contribution is -2.24. The number of benzene rings is 1. The Labute approximate surface area is 138 Å². The average Bonchev–Trinajstić information content (AvgIpc) is 2.71. The van der Waals surface area contributed by atoms with Gasteiger partial charge in [0.25, 0.3) is 17.4 Å². The first kappa shape index (κ1) is 14.8. The van der Waals surface area contributed by atoms with E-state index in [1.807, 2.05) is 0 Å². The van der Waals surface area contributed by atoms with Gasteiger partial charge in [-0.1, -0.05) is 11.6 Å². The number of nitrogen functional groups attached to an aromatic ring is 1. The molecule has 0 bridgehead atoms. The topological polar surface area (TPSA) is 94.2 Å². The number of nitrogens with two attached hydrogens (primary N) is 1.